The Morgan fingerprint density at radius 2 is 0.614 bits per heavy atom. The van der Waals surface area contributed by atoms with Crippen molar-refractivity contribution in [3.8, 4) is 0 Å². The summed E-state index contributed by atoms with van der Waals surface area (Å²) in [7, 11) is 0. The van der Waals surface area contributed by atoms with E-state index in [-0.39, 0.29) is 25.2 Å². The zero-order valence-corrected chi connectivity index (χ0v) is 46.0. The first-order valence-electron chi connectivity index (χ1n) is 29.8. The topological polar surface area (TPSA) is 72.8 Å². The van der Waals surface area contributed by atoms with Gasteiger partial charge in [-0.1, -0.05) is 272 Å². The van der Waals surface area contributed by atoms with E-state index in [0.717, 1.165) is 83.5 Å². The molecular weight excluding hydrogens is 861 g/mol. The Morgan fingerprint density at radius 3 is 0.929 bits per heavy atom. The molecule has 0 heterocycles. The molecule has 0 aliphatic heterocycles. The summed E-state index contributed by atoms with van der Waals surface area (Å²) in [5.74, 6) is -0.588. The molecule has 0 rings (SSSR count). The van der Waals surface area contributed by atoms with Gasteiger partial charge in [0.2, 0.25) is 0 Å². The van der Waals surface area contributed by atoms with Crippen molar-refractivity contribution in [2.45, 2.75) is 290 Å². The molecular formula is C65H112O5. The minimum atomic E-state index is -0.777. The molecule has 1 atom stereocenters. The van der Waals surface area contributed by atoms with Gasteiger partial charge in [-0.3, -0.25) is 9.59 Å². The summed E-state index contributed by atoms with van der Waals surface area (Å²) >= 11 is 0. The normalized spacial score (nSPS) is 12.9. The van der Waals surface area contributed by atoms with Gasteiger partial charge in [0.1, 0.15) is 6.61 Å². The molecule has 5 nitrogen and oxygen atoms in total. The number of aliphatic hydroxyl groups is 1. The van der Waals surface area contributed by atoms with Gasteiger partial charge in [-0.05, 0) is 96.3 Å². The first-order chi connectivity index (χ1) is 34.6. The van der Waals surface area contributed by atoms with E-state index in [2.05, 4.69) is 111 Å². The molecule has 0 aromatic heterocycles. The monoisotopic (exact) mass is 973 g/mol. The molecule has 0 aliphatic carbocycles. The van der Waals surface area contributed by atoms with E-state index in [1.807, 2.05) is 0 Å². The summed E-state index contributed by atoms with van der Waals surface area (Å²) in [5.41, 5.74) is 0. The smallest absolute Gasteiger partial charge is 0.306 e. The summed E-state index contributed by atoms with van der Waals surface area (Å²) in [6, 6.07) is 0. The van der Waals surface area contributed by atoms with Crippen LogP contribution >= 0.6 is 0 Å². The van der Waals surface area contributed by atoms with Crippen molar-refractivity contribution in [1.29, 1.82) is 0 Å². The van der Waals surface area contributed by atoms with Crippen molar-refractivity contribution in [3.63, 3.8) is 0 Å². The van der Waals surface area contributed by atoms with Gasteiger partial charge in [0.05, 0.1) is 6.61 Å². The van der Waals surface area contributed by atoms with Crippen molar-refractivity contribution in [2.75, 3.05) is 13.2 Å². The maximum Gasteiger partial charge on any atom is 0.306 e. The van der Waals surface area contributed by atoms with Crippen LogP contribution in [0, 0.1) is 0 Å². The molecule has 1 N–H and O–H groups in total. The SMILES string of the molecule is CC/C=C\C/C=C\C/C=C\C/C=C\C/C=C\C/C=C\CCCCCCCCCCCCCCCCCCCCC(=O)OC(CO)COC(=O)CCCCCCCCCCC/C=C\C/C=C\CCCCC. The average Bonchev–Trinajstić information content (AvgIpc) is 3.36. The van der Waals surface area contributed by atoms with Crippen molar-refractivity contribution in [1.82, 2.24) is 0 Å². The van der Waals surface area contributed by atoms with Gasteiger partial charge < -0.3 is 14.6 Å². The molecule has 0 aromatic carbocycles. The van der Waals surface area contributed by atoms with Crippen LogP contribution in [0.2, 0.25) is 0 Å². The van der Waals surface area contributed by atoms with E-state index in [0.29, 0.717) is 12.8 Å². The van der Waals surface area contributed by atoms with E-state index < -0.39 is 6.10 Å². The fraction of sp³-hybridized carbons (Fsp3) is 0.723. The molecule has 0 aliphatic rings. The molecule has 5 heteroatoms. The van der Waals surface area contributed by atoms with Gasteiger partial charge in [-0.25, -0.2) is 0 Å². The van der Waals surface area contributed by atoms with E-state index in [4.69, 9.17) is 9.47 Å². The summed E-state index contributed by atoms with van der Waals surface area (Å²) in [5, 5.41) is 9.66. The van der Waals surface area contributed by atoms with Gasteiger partial charge in [0, 0.05) is 12.8 Å². The first kappa shape index (κ1) is 66.8. The van der Waals surface area contributed by atoms with Crippen molar-refractivity contribution in [2.24, 2.45) is 0 Å². The van der Waals surface area contributed by atoms with Gasteiger partial charge in [-0.15, -0.1) is 0 Å². The van der Waals surface area contributed by atoms with Crippen LogP contribution in [0.1, 0.15) is 284 Å². The van der Waals surface area contributed by atoms with Crippen molar-refractivity contribution >= 4 is 11.9 Å². The van der Waals surface area contributed by atoms with E-state index >= 15 is 0 Å². The highest BCUT2D eigenvalue weighted by molar-refractivity contribution is 5.70. The predicted molar refractivity (Wildman–Crippen MR) is 306 cm³/mol. The lowest BCUT2D eigenvalue weighted by Crippen LogP contribution is -2.28. The standard InChI is InChI=1S/C65H112O5/c1-3-5-7-9-11-13-15-17-19-21-23-24-25-26-27-28-29-30-31-32-33-34-35-36-37-38-39-40-42-44-46-48-50-52-54-56-58-60-65(68)70-63(61-66)62-69-64(67)59-57-55-53-51-49-47-45-43-41-22-20-18-16-14-12-10-8-6-4-2/h5,7,11-14,17-20,23-24,26-27,29-30,63,66H,3-4,6,8-10,15-16,21-22,25,28,31-62H2,1-2H3/b7-5-,13-11-,14-12-,19-17-,20-18-,24-23-,27-26-,30-29-. The minimum absolute atomic E-state index is 0.0687. The molecule has 0 spiro atoms. The molecule has 0 fully saturated rings. The molecule has 70 heavy (non-hydrogen) atoms. The number of carbonyl (C=O) groups excluding carboxylic acids is 2. The maximum absolute atomic E-state index is 12.3. The van der Waals surface area contributed by atoms with Crippen molar-refractivity contribution < 1.29 is 24.2 Å². The van der Waals surface area contributed by atoms with Gasteiger partial charge in [-0.2, -0.15) is 0 Å². The van der Waals surface area contributed by atoms with Crippen LogP contribution < -0.4 is 0 Å². The lowest BCUT2D eigenvalue weighted by Gasteiger charge is -2.15. The number of hydrogen-bond donors (Lipinski definition) is 1. The number of ether oxygens (including phenoxy) is 2. The second-order valence-corrected chi connectivity index (χ2v) is 19.7. The second kappa shape index (κ2) is 60.1. The van der Waals surface area contributed by atoms with E-state index in [1.54, 1.807) is 0 Å². The number of unbranched alkanes of at least 4 members (excludes halogenated alkanes) is 30. The number of aliphatic hydroxyl groups excluding tert-OH is 1. The van der Waals surface area contributed by atoms with Gasteiger partial charge >= 0.3 is 11.9 Å². The number of rotatable bonds is 54. The van der Waals surface area contributed by atoms with Gasteiger partial charge in [0.25, 0.3) is 0 Å². The molecule has 0 bridgehead atoms. The predicted octanol–water partition coefficient (Wildman–Crippen LogP) is 20.3. The quantitative estimate of drug-likeness (QED) is 0.0373. The van der Waals surface area contributed by atoms with Crippen LogP contribution in [0.25, 0.3) is 0 Å². The lowest BCUT2D eigenvalue weighted by molar-refractivity contribution is -0.161. The number of carbonyl (C=O) groups is 2. The lowest BCUT2D eigenvalue weighted by atomic mass is 10.0. The fourth-order valence-corrected chi connectivity index (χ4v) is 8.41. The maximum atomic E-state index is 12.3. The zero-order chi connectivity index (χ0) is 50.6. The highest BCUT2D eigenvalue weighted by Crippen LogP contribution is 2.16. The molecule has 1 unspecified atom stereocenters. The van der Waals surface area contributed by atoms with Gasteiger partial charge in [0.15, 0.2) is 6.10 Å². The summed E-state index contributed by atoms with van der Waals surface area (Å²) < 4.78 is 10.7. The molecule has 0 radical (unpaired) electrons. The third-order valence-electron chi connectivity index (χ3n) is 12.9. The van der Waals surface area contributed by atoms with E-state index in [9.17, 15) is 14.7 Å². The van der Waals surface area contributed by atoms with E-state index in [1.165, 1.54) is 173 Å². The Morgan fingerprint density at radius 1 is 0.343 bits per heavy atom. The number of esters is 2. The average molecular weight is 974 g/mol. The molecule has 0 saturated carbocycles. The summed E-state index contributed by atoms with van der Waals surface area (Å²) in [6.07, 6.45) is 85.3. The Labute approximate surface area is 434 Å². The van der Waals surface area contributed by atoms with Crippen LogP contribution in [0.3, 0.4) is 0 Å². The molecule has 0 aromatic rings. The molecule has 0 amide bonds. The Bertz CT molecular complexity index is 1330. The summed E-state index contributed by atoms with van der Waals surface area (Å²) in [6.45, 7) is 4.02. The summed E-state index contributed by atoms with van der Waals surface area (Å²) in [4.78, 5) is 24.5. The minimum Gasteiger partial charge on any atom is -0.462 e. The van der Waals surface area contributed by atoms with Crippen LogP contribution in [-0.2, 0) is 19.1 Å². The Hall–Kier alpha value is -3.18. The second-order valence-electron chi connectivity index (χ2n) is 19.7. The number of hydrogen-bond acceptors (Lipinski definition) is 5. The third-order valence-corrected chi connectivity index (χ3v) is 12.9. The molecule has 0 saturated heterocycles. The van der Waals surface area contributed by atoms with Crippen LogP contribution in [0.5, 0.6) is 0 Å². The van der Waals surface area contributed by atoms with Crippen molar-refractivity contribution in [3.05, 3.63) is 97.2 Å². The third kappa shape index (κ3) is 57.4. The van der Waals surface area contributed by atoms with Crippen LogP contribution in [0.15, 0.2) is 97.2 Å². The highest BCUT2D eigenvalue weighted by atomic mass is 16.6. The zero-order valence-electron chi connectivity index (χ0n) is 46.0. The Kier molecular flexibility index (Phi) is 57.4. The van der Waals surface area contributed by atoms with Crippen LogP contribution in [0.4, 0.5) is 0 Å². The molecule has 402 valence electrons. The Balaban J connectivity index is 3.47. The van der Waals surface area contributed by atoms with Crippen LogP contribution in [-0.4, -0.2) is 36.4 Å². The number of allylic oxidation sites excluding steroid dienone is 16. The highest BCUT2D eigenvalue weighted by Gasteiger charge is 2.16. The largest absolute Gasteiger partial charge is 0.462 e. The first-order valence-corrected chi connectivity index (χ1v) is 29.8. The fourth-order valence-electron chi connectivity index (χ4n) is 8.41.